The zero-order valence-electron chi connectivity index (χ0n) is 25.9. The van der Waals surface area contributed by atoms with Crippen LogP contribution in [0.1, 0.15) is 84.3 Å². The van der Waals surface area contributed by atoms with E-state index < -0.39 is 46.8 Å². The van der Waals surface area contributed by atoms with E-state index in [0.29, 0.717) is 18.4 Å². The molecular formula is C34H43NO9. The molecule has 3 heterocycles. The van der Waals surface area contributed by atoms with Gasteiger partial charge in [-0.15, -0.1) is 0 Å². The van der Waals surface area contributed by atoms with Gasteiger partial charge in [0.05, 0.1) is 24.0 Å². The number of fused-ring (bicyclic) bond motifs is 2. The van der Waals surface area contributed by atoms with E-state index in [1.807, 2.05) is 13.8 Å². The largest absolute Gasteiger partial charge is 0.487 e. The molecule has 8 atom stereocenters. The summed E-state index contributed by atoms with van der Waals surface area (Å²) in [5, 5.41) is 23.6. The Morgan fingerprint density at radius 2 is 1.77 bits per heavy atom. The lowest BCUT2D eigenvalue weighted by Gasteiger charge is -2.58. The molecule has 1 unspecified atom stereocenters. The number of nitrogens with zero attached hydrogens (tertiary/aromatic N) is 1. The third-order valence-electron chi connectivity index (χ3n) is 10.9. The summed E-state index contributed by atoms with van der Waals surface area (Å²) in [4.78, 5) is 43.3. The predicted molar refractivity (Wildman–Crippen MR) is 158 cm³/mol. The van der Waals surface area contributed by atoms with Crippen molar-refractivity contribution >= 4 is 11.9 Å². The summed E-state index contributed by atoms with van der Waals surface area (Å²) in [7, 11) is 0. The minimum atomic E-state index is -1.26. The lowest BCUT2D eigenvalue weighted by Crippen LogP contribution is -2.59. The number of aliphatic hydroxyl groups excluding tert-OH is 2. The van der Waals surface area contributed by atoms with E-state index >= 15 is 0 Å². The van der Waals surface area contributed by atoms with Gasteiger partial charge in [0, 0.05) is 29.4 Å². The lowest BCUT2D eigenvalue weighted by molar-refractivity contribution is -0.202. The molecule has 10 nitrogen and oxygen atoms in total. The number of carbonyl (C=O) groups is 2. The Morgan fingerprint density at radius 1 is 1.07 bits per heavy atom. The molecule has 2 aromatic rings. The molecule has 3 aliphatic carbocycles. The maximum absolute atomic E-state index is 13.5. The standard InChI is InChI=1S/C34H43NO9/c1-18-29(37)28-25(15-24(43-32(28)40)22-6-5-13-35-16-22)42-19(2)23(36)14-26-33(18,3)12-11-27(44-31(39)21-9-10-21)34(26,4)17-41-30(38)20-7-8-20/h5-6,13,15-16,18-21,23,26-27,29,36-37H,7-12,14,17H2,1-4H3/t18-,19-,23+,26-,27+,29-,33-,34?/m1/s1. The maximum atomic E-state index is 13.5. The molecule has 0 radical (unpaired) electrons. The van der Waals surface area contributed by atoms with E-state index in [-0.39, 0.29) is 59.8 Å². The average molecular weight is 610 g/mol. The van der Waals surface area contributed by atoms with Gasteiger partial charge in [0.15, 0.2) is 0 Å². The van der Waals surface area contributed by atoms with Gasteiger partial charge < -0.3 is 28.8 Å². The van der Waals surface area contributed by atoms with Crippen LogP contribution in [0.4, 0.5) is 0 Å². The topological polar surface area (TPSA) is 145 Å². The van der Waals surface area contributed by atoms with Crippen molar-refractivity contribution in [3.63, 3.8) is 0 Å². The van der Waals surface area contributed by atoms with Gasteiger partial charge in [-0.1, -0.05) is 20.8 Å². The van der Waals surface area contributed by atoms with E-state index in [1.54, 1.807) is 37.5 Å². The van der Waals surface area contributed by atoms with Gasteiger partial charge in [-0.3, -0.25) is 14.6 Å². The van der Waals surface area contributed by atoms with Gasteiger partial charge >= 0.3 is 17.6 Å². The van der Waals surface area contributed by atoms with E-state index in [9.17, 15) is 24.6 Å². The van der Waals surface area contributed by atoms with Crippen LogP contribution in [0.2, 0.25) is 0 Å². The number of pyridine rings is 1. The fourth-order valence-corrected chi connectivity index (χ4v) is 7.43. The first-order valence-corrected chi connectivity index (χ1v) is 15.9. The first kappa shape index (κ1) is 30.8. The molecule has 2 aromatic heterocycles. The van der Waals surface area contributed by atoms with Crippen LogP contribution >= 0.6 is 0 Å². The summed E-state index contributed by atoms with van der Waals surface area (Å²) in [5.41, 5.74) is -1.68. The Kier molecular flexibility index (Phi) is 8.11. The minimum absolute atomic E-state index is 0.00443. The molecule has 1 aliphatic heterocycles. The number of aliphatic hydroxyl groups is 2. The third-order valence-corrected chi connectivity index (χ3v) is 10.9. The van der Waals surface area contributed by atoms with E-state index in [2.05, 4.69) is 11.9 Å². The molecule has 238 valence electrons. The number of esters is 2. The number of rotatable bonds is 6. The van der Waals surface area contributed by atoms with Crippen LogP contribution in [0, 0.1) is 34.5 Å². The number of hydrogen-bond donors (Lipinski definition) is 2. The second-order valence-electron chi connectivity index (χ2n) is 14.0. The fourth-order valence-electron chi connectivity index (χ4n) is 7.43. The van der Waals surface area contributed by atoms with Gasteiger partial charge in [0.1, 0.15) is 35.9 Å². The van der Waals surface area contributed by atoms with Gasteiger partial charge in [-0.05, 0) is 81.3 Å². The van der Waals surface area contributed by atoms with E-state index in [0.717, 1.165) is 25.7 Å². The molecule has 3 fully saturated rings. The Hall–Kier alpha value is -3.24. The Morgan fingerprint density at radius 3 is 2.43 bits per heavy atom. The van der Waals surface area contributed by atoms with Crippen molar-refractivity contribution in [2.45, 2.75) is 97.1 Å². The highest BCUT2D eigenvalue weighted by molar-refractivity contribution is 5.75. The van der Waals surface area contributed by atoms with Gasteiger partial charge in [-0.2, -0.15) is 0 Å². The number of aromatic nitrogens is 1. The zero-order valence-corrected chi connectivity index (χ0v) is 25.9. The summed E-state index contributed by atoms with van der Waals surface area (Å²) in [6.07, 6.45) is 4.13. The van der Waals surface area contributed by atoms with Crippen molar-refractivity contribution in [2.75, 3.05) is 6.61 Å². The monoisotopic (exact) mass is 609 g/mol. The van der Waals surface area contributed by atoms with Gasteiger partial charge in [-0.25, -0.2) is 4.79 Å². The van der Waals surface area contributed by atoms with Gasteiger partial charge in [0.2, 0.25) is 0 Å². The summed E-state index contributed by atoms with van der Waals surface area (Å²) >= 11 is 0. The first-order valence-electron chi connectivity index (χ1n) is 15.9. The van der Waals surface area contributed by atoms with Crippen molar-refractivity contribution < 1.29 is 38.4 Å². The highest BCUT2D eigenvalue weighted by Gasteiger charge is 2.60. The third kappa shape index (κ3) is 5.67. The van der Waals surface area contributed by atoms with Crippen LogP contribution in [0.15, 0.2) is 39.8 Å². The molecule has 0 bridgehead atoms. The van der Waals surface area contributed by atoms with Crippen molar-refractivity contribution in [2.24, 2.45) is 34.5 Å². The number of carbonyl (C=O) groups excluding carboxylic acids is 2. The molecule has 2 N–H and O–H groups in total. The Labute approximate surface area is 257 Å². The van der Waals surface area contributed by atoms with Crippen molar-refractivity contribution in [3.8, 4) is 17.1 Å². The maximum Gasteiger partial charge on any atom is 0.345 e. The van der Waals surface area contributed by atoms with Crippen LogP contribution < -0.4 is 10.4 Å². The second-order valence-corrected chi connectivity index (χ2v) is 14.0. The first-order chi connectivity index (χ1) is 20.9. The van der Waals surface area contributed by atoms with Crippen LogP contribution in [-0.2, 0) is 19.1 Å². The zero-order chi connectivity index (χ0) is 31.4. The van der Waals surface area contributed by atoms with Crippen molar-refractivity contribution in [1.82, 2.24) is 4.98 Å². The van der Waals surface area contributed by atoms with Crippen LogP contribution in [0.25, 0.3) is 11.3 Å². The number of ether oxygens (including phenoxy) is 3. The highest BCUT2D eigenvalue weighted by atomic mass is 16.6. The Balaban J connectivity index is 1.40. The molecule has 44 heavy (non-hydrogen) atoms. The minimum Gasteiger partial charge on any atom is -0.487 e. The summed E-state index contributed by atoms with van der Waals surface area (Å²) < 4.78 is 24.0. The smallest absolute Gasteiger partial charge is 0.345 e. The highest BCUT2D eigenvalue weighted by Crippen LogP contribution is 2.60. The lowest BCUT2D eigenvalue weighted by atomic mass is 9.49. The molecule has 0 saturated heterocycles. The second kappa shape index (κ2) is 11.6. The van der Waals surface area contributed by atoms with E-state index in [4.69, 9.17) is 18.6 Å². The molecule has 10 heteroatoms. The molecule has 0 spiro atoms. The normalized spacial score (nSPS) is 35.4. The van der Waals surface area contributed by atoms with E-state index in [1.165, 1.54) is 0 Å². The van der Waals surface area contributed by atoms with Crippen molar-refractivity contribution in [1.29, 1.82) is 0 Å². The quantitative estimate of drug-likeness (QED) is 0.446. The molecule has 0 aromatic carbocycles. The Bertz CT molecular complexity index is 1450. The van der Waals surface area contributed by atoms with Crippen LogP contribution in [-0.4, -0.2) is 52.1 Å². The summed E-state index contributed by atoms with van der Waals surface area (Å²) in [5.74, 6) is -1.18. The van der Waals surface area contributed by atoms with Crippen molar-refractivity contribution in [3.05, 3.63) is 46.6 Å². The molecular weight excluding hydrogens is 566 g/mol. The molecule has 3 saturated carbocycles. The van der Waals surface area contributed by atoms with Crippen LogP contribution in [0.3, 0.4) is 0 Å². The predicted octanol–water partition coefficient (Wildman–Crippen LogP) is 4.60. The fraction of sp³-hybridized carbons (Fsp3) is 0.647. The summed E-state index contributed by atoms with van der Waals surface area (Å²) in [6, 6.07) is 5.06. The summed E-state index contributed by atoms with van der Waals surface area (Å²) in [6.45, 7) is 7.64. The average Bonchev–Trinajstić information content (AvgIpc) is 3.92. The molecule has 0 amide bonds. The van der Waals surface area contributed by atoms with Gasteiger partial charge in [0.25, 0.3) is 0 Å². The molecule has 4 aliphatic rings. The number of hydrogen-bond acceptors (Lipinski definition) is 10. The van der Waals surface area contributed by atoms with Crippen LogP contribution in [0.5, 0.6) is 5.75 Å². The SMILES string of the molecule is C[C@@H]1[C@@H](O)c2c(cc(-c3cccnc3)oc2=O)O[C@H](C)[C@@H](O)C[C@H]2C(C)(COC(=O)C3CC3)[C@@H](OC(=O)C3CC3)CC[C@]12C. The molecule has 6 rings (SSSR count).